The molecule has 0 aliphatic heterocycles. The largest absolute Gasteiger partial charge is 0.385 e. The predicted octanol–water partition coefficient (Wildman–Crippen LogP) is 3.51. The minimum atomic E-state index is -0.0620. The van der Waals surface area contributed by atoms with Crippen molar-refractivity contribution in [1.82, 2.24) is 10.3 Å². The summed E-state index contributed by atoms with van der Waals surface area (Å²) in [6, 6.07) is 5.74. The van der Waals surface area contributed by atoms with E-state index in [0.717, 1.165) is 34.1 Å². The van der Waals surface area contributed by atoms with Crippen molar-refractivity contribution in [2.24, 2.45) is 0 Å². The van der Waals surface area contributed by atoms with Crippen molar-refractivity contribution >= 4 is 22.9 Å². The second-order valence-corrected chi connectivity index (χ2v) is 6.32. The van der Waals surface area contributed by atoms with Crippen LogP contribution in [0.4, 0.5) is 5.69 Å². The van der Waals surface area contributed by atoms with Crippen LogP contribution >= 0.6 is 11.3 Å². The van der Waals surface area contributed by atoms with E-state index in [2.05, 4.69) is 22.5 Å². The first-order valence-electron chi connectivity index (χ1n) is 7.14. The normalized spacial score (nSPS) is 10.4. The van der Waals surface area contributed by atoms with Gasteiger partial charge in [-0.15, -0.1) is 11.3 Å². The van der Waals surface area contributed by atoms with Crippen molar-refractivity contribution in [3.05, 3.63) is 45.4 Å². The predicted molar refractivity (Wildman–Crippen MR) is 88.0 cm³/mol. The highest BCUT2D eigenvalue weighted by atomic mass is 32.1. The highest BCUT2D eigenvalue weighted by Gasteiger charge is 2.08. The summed E-state index contributed by atoms with van der Waals surface area (Å²) in [7, 11) is 0. The molecule has 0 fully saturated rings. The van der Waals surface area contributed by atoms with Gasteiger partial charge in [0.25, 0.3) is 5.91 Å². The molecule has 1 heterocycles. The maximum Gasteiger partial charge on any atom is 0.251 e. The number of rotatable bonds is 6. The average Bonchev–Trinajstić information content (AvgIpc) is 2.89. The van der Waals surface area contributed by atoms with Crippen LogP contribution in [0, 0.1) is 13.8 Å². The fraction of sp³-hybridized carbons (Fsp3) is 0.375. The Kier molecular flexibility index (Phi) is 5.33. The number of amides is 1. The Balaban J connectivity index is 1.97. The van der Waals surface area contributed by atoms with Gasteiger partial charge in [0.15, 0.2) is 0 Å². The van der Waals surface area contributed by atoms with Crippen molar-refractivity contribution in [3.63, 3.8) is 0 Å². The number of nitrogens with zero attached hydrogens (tertiary/aromatic N) is 1. The van der Waals surface area contributed by atoms with Gasteiger partial charge in [-0.1, -0.05) is 6.92 Å². The molecule has 1 amide bonds. The third-order valence-electron chi connectivity index (χ3n) is 3.12. The smallest absolute Gasteiger partial charge is 0.251 e. The van der Waals surface area contributed by atoms with E-state index in [1.165, 1.54) is 0 Å². The molecule has 0 saturated carbocycles. The minimum absolute atomic E-state index is 0.0620. The number of thiazole rings is 1. The van der Waals surface area contributed by atoms with E-state index in [9.17, 15) is 4.79 Å². The first-order valence-corrected chi connectivity index (χ1v) is 7.96. The maximum absolute atomic E-state index is 12.1. The first-order chi connectivity index (χ1) is 10.1. The zero-order valence-electron chi connectivity index (χ0n) is 12.7. The van der Waals surface area contributed by atoms with Crippen molar-refractivity contribution in [3.8, 4) is 0 Å². The van der Waals surface area contributed by atoms with Crippen molar-refractivity contribution in [2.75, 3.05) is 11.9 Å². The lowest BCUT2D eigenvalue weighted by molar-refractivity contribution is 0.0951. The number of aromatic nitrogens is 1. The van der Waals surface area contributed by atoms with Crippen LogP contribution in [-0.2, 0) is 6.54 Å². The third-order valence-corrected chi connectivity index (χ3v) is 4.04. The number of aryl methyl sites for hydroxylation is 2. The van der Waals surface area contributed by atoms with Gasteiger partial charge < -0.3 is 10.6 Å². The Morgan fingerprint density at radius 2 is 2.14 bits per heavy atom. The summed E-state index contributed by atoms with van der Waals surface area (Å²) in [4.78, 5) is 17.5. The molecule has 0 radical (unpaired) electrons. The van der Waals surface area contributed by atoms with Gasteiger partial charge in [0.05, 0.1) is 6.54 Å². The van der Waals surface area contributed by atoms with Crippen LogP contribution in [0.3, 0.4) is 0 Å². The maximum atomic E-state index is 12.1. The molecule has 4 nitrogen and oxygen atoms in total. The van der Waals surface area contributed by atoms with Gasteiger partial charge in [0.2, 0.25) is 0 Å². The van der Waals surface area contributed by atoms with Crippen LogP contribution in [0.25, 0.3) is 0 Å². The molecule has 5 heteroatoms. The van der Waals surface area contributed by atoms with E-state index in [4.69, 9.17) is 0 Å². The van der Waals surface area contributed by atoms with Crippen LogP contribution in [0.1, 0.15) is 39.2 Å². The molecule has 0 unspecified atom stereocenters. The molecule has 0 atom stereocenters. The van der Waals surface area contributed by atoms with E-state index < -0.39 is 0 Å². The van der Waals surface area contributed by atoms with Crippen molar-refractivity contribution in [2.45, 2.75) is 33.7 Å². The van der Waals surface area contributed by atoms with E-state index in [1.54, 1.807) is 11.3 Å². The lowest BCUT2D eigenvalue weighted by Crippen LogP contribution is -2.22. The van der Waals surface area contributed by atoms with Gasteiger partial charge in [0.1, 0.15) is 5.01 Å². The molecule has 2 aromatic rings. The third kappa shape index (κ3) is 4.29. The summed E-state index contributed by atoms with van der Waals surface area (Å²) in [5.41, 5.74) is 2.85. The number of nitrogens with one attached hydrogen (secondary N) is 2. The second-order valence-electron chi connectivity index (χ2n) is 5.00. The molecule has 1 aromatic heterocycles. The summed E-state index contributed by atoms with van der Waals surface area (Å²) in [5.74, 6) is -0.0620. The SMILES string of the molecule is CCCNc1ccc(C(=O)NCc2ncc(C)s2)cc1C. The average molecular weight is 303 g/mol. The highest BCUT2D eigenvalue weighted by Crippen LogP contribution is 2.17. The van der Waals surface area contributed by atoms with Gasteiger partial charge in [-0.05, 0) is 44.0 Å². The highest BCUT2D eigenvalue weighted by molar-refractivity contribution is 7.11. The molecule has 112 valence electrons. The van der Waals surface area contributed by atoms with E-state index in [0.29, 0.717) is 12.1 Å². The summed E-state index contributed by atoms with van der Waals surface area (Å²) in [6.07, 6.45) is 2.90. The molecule has 0 aliphatic rings. The molecule has 0 spiro atoms. The molecule has 0 bridgehead atoms. The number of benzene rings is 1. The minimum Gasteiger partial charge on any atom is -0.385 e. The summed E-state index contributed by atoms with van der Waals surface area (Å²) in [5, 5.41) is 7.19. The Morgan fingerprint density at radius 1 is 1.33 bits per heavy atom. The van der Waals surface area contributed by atoms with Crippen molar-refractivity contribution < 1.29 is 4.79 Å². The lowest BCUT2D eigenvalue weighted by Gasteiger charge is -2.10. The quantitative estimate of drug-likeness (QED) is 0.858. The fourth-order valence-corrected chi connectivity index (χ4v) is 2.73. The Labute approximate surface area is 129 Å². The Hall–Kier alpha value is -1.88. The number of carbonyl (C=O) groups excluding carboxylic acids is 1. The summed E-state index contributed by atoms with van der Waals surface area (Å²) in [6.45, 7) is 7.57. The van der Waals surface area contributed by atoms with Crippen LogP contribution in [0.2, 0.25) is 0 Å². The fourth-order valence-electron chi connectivity index (χ4n) is 2.00. The van der Waals surface area contributed by atoms with E-state index in [-0.39, 0.29) is 5.91 Å². The Bertz CT molecular complexity index is 622. The monoisotopic (exact) mass is 303 g/mol. The summed E-state index contributed by atoms with van der Waals surface area (Å²) >= 11 is 1.60. The molecule has 2 N–H and O–H groups in total. The molecule has 1 aromatic carbocycles. The molecule has 21 heavy (non-hydrogen) atoms. The van der Waals surface area contributed by atoms with E-state index >= 15 is 0 Å². The topological polar surface area (TPSA) is 54.0 Å². The molecular formula is C16H21N3OS. The molecular weight excluding hydrogens is 282 g/mol. The Morgan fingerprint density at radius 3 is 2.76 bits per heavy atom. The van der Waals surface area contributed by atoms with E-state index in [1.807, 2.05) is 38.2 Å². The number of hydrogen-bond donors (Lipinski definition) is 2. The lowest BCUT2D eigenvalue weighted by atomic mass is 10.1. The van der Waals surface area contributed by atoms with Gasteiger partial charge in [-0.2, -0.15) is 0 Å². The van der Waals surface area contributed by atoms with Crippen LogP contribution in [0.5, 0.6) is 0 Å². The van der Waals surface area contributed by atoms with Gasteiger partial charge in [-0.25, -0.2) is 4.98 Å². The van der Waals surface area contributed by atoms with Crippen LogP contribution < -0.4 is 10.6 Å². The van der Waals surface area contributed by atoms with Gasteiger partial charge in [0, 0.05) is 28.9 Å². The molecule has 0 saturated heterocycles. The number of anilines is 1. The van der Waals surface area contributed by atoms with Gasteiger partial charge in [-0.3, -0.25) is 4.79 Å². The second kappa shape index (κ2) is 7.22. The first kappa shape index (κ1) is 15.5. The van der Waals surface area contributed by atoms with Crippen LogP contribution in [0.15, 0.2) is 24.4 Å². The summed E-state index contributed by atoms with van der Waals surface area (Å²) < 4.78 is 0. The van der Waals surface area contributed by atoms with Crippen LogP contribution in [-0.4, -0.2) is 17.4 Å². The zero-order valence-corrected chi connectivity index (χ0v) is 13.5. The van der Waals surface area contributed by atoms with Gasteiger partial charge >= 0.3 is 0 Å². The van der Waals surface area contributed by atoms with Crippen molar-refractivity contribution in [1.29, 1.82) is 0 Å². The zero-order chi connectivity index (χ0) is 15.2. The number of carbonyl (C=O) groups is 1. The molecule has 0 aliphatic carbocycles. The molecule has 2 rings (SSSR count). The number of hydrogen-bond acceptors (Lipinski definition) is 4. The standard InChI is InChI=1S/C16H21N3OS/c1-4-7-17-14-6-5-13(8-11(14)2)16(20)19-10-15-18-9-12(3)21-15/h5-6,8-9,17H,4,7,10H2,1-3H3,(H,19,20).